The monoisotopic (exact) mass is 458 g/mol. The highest BCUT2D eigenvalue weighted by Gasteiger charge is 2.27. The second-order valence-corrected chi connectivity index (χ2v) is 10.3. The zero-order valence-corrected chi connectivity index (χ0v) is 20.3. The molecule has 2 saturated heterocycles. The van der Waals surface area contributed by atoms with E-state index in [0.717, 1.165) is 30.6 Å². The standard InChI is InChI=1S/C30H35ClN2/c31-28-11-12-29(27-15-17-32(18-16-27)23-26-9-5-2-6-10-26)30(22-28)33-19-13-25(14-20-33)21-24-7-3-1-4-8-24/h1-12,22,25,27H,13-21,23H2. The van der Waals surface area contributed by atoms with Gasteiger partial charge in [0.2, 0.25) is 0 Å². The lowest BCUT2D eigenvalue weighted by molar-refractivity contribution is 0.204. The van der Waals surface area contributed by atoms with Crippen molar-refractivity contribution in [3.63, 3.8) is 0 Å². The highest BCUT2D eigenvalue weighted by Crippen LogP contribution is 2.38. The number of nitrogens with zero attached hydrogens (tertiary/aromatic N) is 2. The second-order valence-electron chi connectivity index (χ2n) is 9.86. The first kappa shape index (κ1) is 22.5. The van der Waals surface area contributed by atoms with E-state index in [0.29, 0.717) is 5.92 Å². The number of likely N-dealkylation sites (tertiary alicyclic amines) is 1. The minimum atomic E-state index is 0.631. The highest BCUT2D eigenvalue weighted by atomic mass is 35.5. The Morgan fingerprint density at radius 2 is 1.33 bits per heavy atom. The molecule has 2 aliphatic rings. The average molecular weight is 459 g/mol. The van der Waals surface area contributed by atoms with Crippen LogP contribution in [0, 0.1) is 5.92 Å². The van der Waals surface area contributed by atoms with E-state index in [-0.39, 0.29) is 0 Å². The molecule has 3 heteroatoms. The molecule has 5 rings (SSSR count). The first-order valence-corrected chi connectivity index (χ1v) is 13.0. The largest absolute Gasteiger partial charge is 0.371 e. The van der Waals surface area contributed by atoms with E-state index < -0.39 is 0 Å². The Bertz CT molecular complexity index is 1000. The number of hydrogen-bond acceptors (Lipinski definition) is 2. The minimum absolute atomic E-state index is 0.631. The third kappa shape index (κ3) is 5.80. The summed E-state index contributed by atoms with van der Waals surface area (Å²) < 4.78 is 0. The maximum atomic E-state index is 6.49. The summed E-state index contributed by atoms with van der Waals surface area (Å²) in [5.41, 5.74) is 5.80. The number of benzene rings is 3. The van der Waals surface area contributed by atoms with E-state index >= 15 is 0 Å². The van der Waals surface area contributed by atoms with Crippen LogP contribution in [0.2, 0.25) is 5.02 Å². The van der Waals surface area contributed by atoms with Crippen molar-refractivity contribution in [2.75, 3.05) is 31.1 Å². The first-order valence-electron chi connectivity index (χ1n) is 12.6. The maximum Gasteiger partial charge on any atom is 0.0426 e. The Morgan fingerprint density at radius 3 is 2.00 bits per heavy atom. The lowest BCUT2D eigenvalue weighted by Gasteiger charge is -2.38. The number of rotatable bonds is 6. The summed E-state index contributed by atoms with van der Waals surface area (Å²) in [7, 11) is 0. The molecule has 2 aliphatic heterocycles. The van der Waals surface area contributed by atoms with Crippen molar-refractivity contribution < 1.29 is 0 Å². The molecular formula is C30H35ClN2. The third-order valence-corrected chi connectivity index (χ3v) is 7.83. The zero-order chi connectivity index (χ0) is 22.5. The van der Waals surface area contributed by atoms with Gasteiger partial charge in [0.15, 0.2) is 0 Å². The molecule has 33 heavy (non-hydrogen) atoms. The minimum Gasteiger partial charge on any atom is -0.371 e. The summed E-state index contributed by atoms with van der Waals surface area (Å²) in [5, 5.41) is 0.863. The van der Waals surface area contributed by atoms with E-state index in [1.165, 1.54) is 67.6 Å². The van der Waals surface area contributed by atoms with Crippen LogP contribution in [-0.2, 0) is 13.0 Å². The van der Waals surface area contributed by atoms with Crippen molar-refractivity contribution in [3.8, 4) is 0 Å². The van der Waals surface area contributed by atoms with Crippen LogP contribution in [0.25, 0.3) is 0 Å². The molecule has 2 nitrogen and oxygen atoms in total. The molecule has 0 spiro atoms. The highest BCUT2D eigenvalue weighted by molar-refractivity contribution is 6.30. The van der Waals surface area contributed by atoms with Gasteiger partial charge in [-0.25, -0.2) is 0 Å². The molecule has 3 aromatic carbocycles. The fourth-order valence-electron chi connectivity index (χ4n) is 5.71. The summed E-state index contributed by atoms with van der Waals surface area (Å²) in [5.74, 6) is 1.42. The van der Waals surface area contributed by atoms with E-state index in [9.17, 15) is 0 Å². The van der Waals surface area contributed by atoms with Crippen molar-refractivity contribution in [1.29, 1.82) is 0 Å². The van der Waals surface area contributed by atoms with Gasteiger partial charge in [0.05, 0.1) is 0 Å². The molecule has 0 unspecified atom stereocenters. The van der Waals surface area contributed by atoms with Crippen molar-refractivity contribution in [2.24, 2.45) is 5.92 Å². The number of halogens is 1. The van der Waals surface area contributed by atoms with Crippen LogP contribution in [0.3, 0.4) is 0 Å². The molecule has 0 N–H and O–H groups in total. The molecule has 0 aromatic heterocycles. The van der Waals surface area contributed by atoms with Gasteiger partial charge in [-0.15, -0.1) is 0 Å². The Kier molecular flexibility index (Phi) is 7.34. The molecule has 0 atom stereocenters. The van der Waals surface area contributed by atoms with Gasteiger partial charge in [-0.05, 0) is 85.9 Å². The lowest BCUT2D eigenvalue weighted by Crippen LogP contribution is -2.36. The smallest absolute Gasteiger partial charge is 0.0426 e. The summed E-state index contributed by atoms with van der Waals surface area (Å²) >= 11 is 6.49. The molecule has 0 bridgehead atoms. The van der Waals surface area contributed by atoms with Gasteiger partial charge in [-0.1, -0.05) is 78.3 Å². The molecule has 2 heterocycles. The predicted octanol–water partition coefficient (Wildman–Crippen LogP) is 7.18. The van der Waals surface area contributed by atoms with Crippen LogP contribution in [-0.4, -0.2) is 31.1 Å². The average Bonchev–Trinajstić information content (AvgIpc) is 2.86. The van der Waals surface area contributed by atoms with Crippen molar-refractivity contribution in [1.82, 2.24) is 4.90 Å². The molecule has 172 valence electrons. The normalized spacial score (nSPS) is 18.5. The predicted molar refractivity (Wildman–Crippen MR) is 140 cm³/mol. The van der Waals surface area contributed by atoms with Gasteiger partial charge in [0, 0.05) is 30.3 Å². The Hall–Kier alpha value is -2.29. The van der Waals surface area contributed by atoms with Crippen LogP contribution in [0.15, 0.2) is 78.9 Å². The summed E-state index contributed by atoms with van der Waals surface area (Å²) in [6.07, 6.45) is 6.18. The van der Waals surface area contributed by atoms with Crippen LogP contribution in [0.5, 0.6) is 0 Å². The van der Waals surface area contributed by atoms with Crippen molar-refractivity contribution in [3.05, 3.63) is 101 Å². The fraction of sp³-hybridized carbons (Fsp3) is 0.400. The van der Waals surface area contributed by atoms with Gasteiger partial charge in [-0.2, -0.15) is 0 Å². The number of anilines is 1. The summed E-state index contributed by atoms with van der Waals surface area (Å²) in [4.78, 5) is 5.22. The topological polar surface area (TPSA) is 6.48 Å². The van der Waals surface area contributed by atoms with E-state index in [1.54, 1.807) is 0 Å². The van der Waals surface area contributed by atoms with Crippen LogP contribution in [0.1, 0.15) is 48.3 Å². The molecule has 0 aliphatic carbocycles. The van der Waals surface area contributed by atoms with Gasteiger partial charge >= 0.3 is 0 Å². The molecule has 3 aromatic rings. The third-order valence-electron chi connectivity index (χ3n) is 7.59. The second kappa shape index (κ2) is 10.8. The Labute approximate surface area is 204 Å². The molecule has 0 saturated carbocycles. The van der Waals surface area contributed by atoms with E-state index in [1.807, 2.05) is 0 Å². The molecule has 0 amide bonds. The quantitative estimate of drug-likeness (QED) is 0.386. The van der Waals surface area contributed by atoms with Crippen LogP contribution < -0.4 is 4.90 Å². The molecule has 2 fully saturated rings. The lowest BCUT2D eigenvalue weighted by atomic mass is 9.86. The SMILES string of the molecule is Clc1ccc(C2CCN(Cc3ccccc3)CC2)c(N2CCC(Cc3ccccc3)CC2)c1. The molecule has 0 radical (unpaired) electrons. The number of piperidine rings is 2. The van der Waals surface area contributed by atoms with Crippen LogP contribution in [0.4, 0.5) is 5.69 Å². The zero-order valence-electron chi connectivity index (χ0n) is 19.5. The van der Waals surface area contributed by atoms with E-state index in [4.69, 9.17) is 11.6 Å². The van der Waals surface area contributed by atoms with Crippen molar-refractivity contribution >= 4 is 17.3 Å². The van der Waals surface area contributed by atoms with Crippen molar-refractivity contribution in [2.45, 2.75) is 44.6 Å². The summed E-state index contributed by atoms with van der Waals surface area (Å²) in [6, 6.07) is 28.5. The number of hydrogen-bond donors (Lipinski definition) is 0. The van der Waals surface area contributed by atoms with Crippen LogP contribution >= 0.6 is 11.6 Å². The van der Waals surface area contributed by atoms with Gasteiger partial charge in [-0.3, -0.25) is 4.90 Å². The molecular weight excluding hydrogens is 424 g/mol. The Morgan fingerprint density at radius 1 is 0.697 bits per heavy atom. The summed E-state index contributed by atoms with van der Waals surface area (Å²) in [6.45, 7) is 5.67. The van der Waals surface area contributed by atoms with Gasteiger partial charge < -0.3 is 4.90 Å². The first-order chi connectivity index (χ1) is 16.2. The maximum absolute atomic E-state index is 6.49. The Balaban J connectivity index is 1.21. The van der Waals surface area contributed by atoms with Gasteiger partial charge in [0.25, 0.3) is 0 Å². The fourth-order valence-corrected chi connectivity index (χ4v) is 5.87. The van der Waals surface area contributed by atoms with E-state index in [2.05, 4.69) is 88.7 Å². The van der Waals surface area contributed by atoms with Gasteiger partial charge in [0.1, 0.15) is 0 Å².